The molecule has 4 aromatic rings. The molecule has 2 aliphatic rings. The van der Waals surface area contributed by atoms with Gasteiger partial charge in [0.1, 0.15) is 5.52 Å². The Morgan fingerprint density at radius 2 is 2.03 bits per heavy atom. The van der Waals surface area contributed by atoms with Crippen molar-refractivity contribution in [3.05, 3.63) is 64.4 Å². The average Bonchev–Trinajstić information content (AvgIpc) is 3.54. The van der Waals surface area contributed by atoms with Crippen molar-refractivity contribution in [2.75, 3.05) is 18.5 Å². The number of anilines is 2. The van der Waals surface area contributed by atoms with E-state index in [1.165, 1.54) is 0 Å². The number of ether oxygens (including phenoxy) is 1. The van der Waals surface area contributed by atoms with Crippen molar-refractivity contribution in [2.24, 2.45) is 0 Å². The Balaban J connectivity index is 1.60. The number of H-pyrrole nitrogens is 1. The van der Waals surface area contributed by atoms with Gasteiger partial charge in [-0.05, 0) is 56.0 Å². The lowest BCUT2D eigenvalue weighted by Gasteiger charge is -2.23. The summed E-state index contributed by atoms with van der Waals surface area (Å²) in [4.78, 5) is 26.2. The Morgan fingerprint density at radius 3 is 2.80 bits per heavy atom. The van der Waals surface area contributed by atoms with E-state index in [1.807, 2.05) is 43.3 Å². The number of amides is 1. The van der Waals surface area contributed by atoms with Crippen LogP contribution >= 0.6 is 11.6 Å². The minimum Gasteiger partial charge on any atom is -0.478 e. The van der Waals surface area contributed by atoms with E-state index in [2.05, 4.69) is 27.5 Å². The number of rotatable bonds is 6. The summed E-state index contributed by atoms with van der Waals surface area (Å²) in [6.07, 6.45) is 4.62. The highest BCUT2D eigenvalue weighted by atomic mass is 35.5. The van der Waals surface area contributed by atoms with E-state index < -0.39 is 0 Å². The van der Waals surface area contributed by atoms with Crippen LogP contribution in [0.25, 0.3) is 22.3 Å². The second kappa shape index (κ2) is 8.27. The lowest BCUT2D eigenvalue weighted by atomic mass is 9.93. The standard InChI is InChI=1S/C27H26ClN5O2/c1-3-15-17(28)6-5-7-18(15)31-24-21-25(27(11-12-27)14-30-26(21)34)33-23(24)16-10-13-29-19-8-9-20(35-4-2)32-22(16)19/h5-10,13,31,33H,3-4,11-12,14H2,1-2H3,(H,30,34). The molecular weight excluding hydrogens is 462 g/mol. The molecule has 0 radical (unpaired) electrons. The van der Waals surface area contributed by atoms with Gasteiger partial charge in [-0.1, -0.05) is 24.6 Å². The summed E-state index contributed by atoms with van der Waals surface area (Å²) in [5.74, 6) is 0.462. The third-order valence-electron chi connectivity index (χ3n) is 7.05. The van der Waals surface area contributed by atoms with E-state index in [1.54, 1.807) is 6.20 Å². The molecule has 1 aromatic carbocycles. The summed E-state index contributed by atoms with van der Waals surface area (Å²) in [6.45, 7) is 5.18. The Kier molecular flexibility index (Phi) is 5.18. The highest BCUT2D eigenvalue weighted by Gasteiger charge is 2.51. The van der Waals surface area contributed by atoms with Crippen molar-refractivity contribution >= 4 is 39.9 Å². The number of hydrogen-bond donors (Lipinski definition) is 3. The summed E-state index contributed by atoms with van der Waals surface area (Å²) in [5.41, 5.74) is 7.38. The van der Waals surface area contributed by atoms with E-state index in [-0.39, 0.29) is 11.3 Å². The first-order chi connectivity index (χ1) is 17.0. The normalized spacial score (nSPS) is 15.7. The molecule has 1 saturated carbocycles. The maximum atomic E-state index is 13.2. The molecule has 3 aromatic heterocycles. The van der Waals surface area contributed by atoms with Gasteiger partial charge in [0.05, 0.1) is 29.1 Å². The first-order valence-corrected chi connectivity index (χ1v) is 12.4. The lowest BCUT2D eigenvalue weighted by Crippen LogP contribution is -2.39. The van der Waals surface area contributed by atoms with Crippen molar-refractivity contribution in [2.45, 2.75) is 38.5 Å². The number of benzene rings is 1. The van der Waals surface area contributed by atoms with Gasteiger partial charge < -0.3 is 20.4 Å². The molecule has 1 fully saturated rings. The molecule has 0 saturated heterocycles. The molecular formula is C27H26ClN5O2. The molecule has 0 atom stereocenters. The summed E-state index contributed by atoms with van der Waals surface area (Å²) in [6, 6.07) is 11.5. The smallest absolute Gasteiger partial charge is 0.255 e. The summed E-state index contributed by atoms with van der Waals surface area (Å²) in [5, 5.41) is 7.39. The quantitative estimate of drug-likeness (QED) is 0.321. The molecule has 1 spiro atoms. The van der Waals surface area contributed by atoms with Gasteiger partial charge in [0.2, 0.25) is 5.88 Å². The van der Waals surface area contributed by atoms with Crippen LogP contribution < -0.4 is 15.4 Å². The zero-order chi connectivity index (χ0) is 24.2. The van der Waals surface area contributed by atoms with Gasteiger partial charge in [0.25, 0.3) is 5.91 Å². The molecule has 4 heterocycles. The molecule has 0 bridgehead atoms. The maximum Gasteiger partial charge on any atom is 0.255 e. The topological polar surface area (TPSA) is 91.9 Å². The van der Waals surface area contributed by atoms with E-state index in [9.17, 15) is 4.79 Å². The molecule has 35 heavy (non-hydrogen) atoms. The van der Waals surface area contributed by atoms with Crippen molar-refractivity contribution < 1.29 is 9.53 Å². The van der Waals surface area contributed by atoms with Crippen LogP contribution in [-0.2, 0) is 11.8 Å². The molecule has 1 aliphatic carbocycles. The van der Waals surface area contributed by atoms with Crippen molar-refractivity contribution in [3.8, 4) is 17.1 Å². The number of fused-ring (bicyclic) bond motifs is 3. The first kappa shape index (κ1) is 21.9. The number of aromatic amines is 1. The number of aromatic nitrogens is 3. The van der Waals surface area contributed by atoms with Crippen LogP contribution in [0, 0.1) is 0 Å². The number of nitrogens with zero attached hydrogens (tertiary/aromatic N) is 2. The minimum absolute atomic E-state index is 0.0351. The van der Waals surface area contributed by atoms with Crippen LogP contribution in [0.5, 0.6) is 5.88 Å². The van der Waals surface area contributed by atoms with Gasteiger partial charge in [-0.3, -0.25) is 9.78 Å². The maximum absolute atomic E-state index is 13.2. The largest absolute Gasteiger partial charge is 0.478 e. The van der Waals surface area contributed by atoms with Crippen LogP contribution in [0.3, 0.4) is 0 Å². The molecule has 0 unspecified atom stereocenters. The van der Waals surface area contributed by atoms with E-state index in [0.717, 1.165) is 58.7 Å². The van der Waals surface area contributed by atoms with Gasteiger partial charge in [-0.25, -0.2) is 4.98 Å². The Hall–Kier alpha value is -3.58. The molecule has 7 nitrogen and oxygen atoms in total. The fraction of sp³-hybridized carbons (Fsp3) is 0.296. The highest BCUT2D eigenvalue weighted by molar-refractivity contribution is 6.31. The van der Waals surface area contributed by atoms with Crippen LogP contribution in [0.2, 0.25) is 5.02 Å². The van der Waals surface area contributed by atoms with Crippen molar-refractivity contribution in [1.82, 2.24) is 20.3 Å². The Morgan fingerprint density at radius 1 is 1.17 bits per heavy atom. The predicted molar refractivity (Wildman–Crippen MR) is 138 cm³/mol. The van der Waals surface area contributed by atoms with Crippen LogP contribution in [0.15, 0.2) is 42.6 Å². The van der Waals surface area contributed by atoms with Gasteiger partial charge in [-0.15, -0.1) is 0 Å². The van der Waals surface area contributed by atoms with Crippen molar-refractivity contribution in [1.29, 1.82) is 0 Å². The zero-order valence-corrected chi connectivity index (χ0v) is 20.4. The van der Waals surface area contributed by atoms with Crippen LogP contribution in [0.1, 0.15) is 48.3 Å². The van der Waals surface area contributed by atoms with Gasteiger partial charge in [-0.2, -0.15) is 0 Å². The van der Waals surface area contributed by atoms with Crippen molar-refractivity contribution in [3.63, 3.8) is 0 Å². The highest BCUT2D eigenvalue weighted by Crippen LogP contribution is 2.53. The number of halogens is 1. The average molecular weight is 488 g/mol. The minimum atomic E-state index is -0.0797. The summed E-state index contributed by atoms with van der Waals surface area (Å²) >= 11 is 6.52. The second-order valence-electron chi connectivity index (χ2n) is 9.14. The zero-order valence-electron chi connectivity index (χ0n) is 19.7. The Labute approximate surface area is 208 Å². The molecule has 178 valence electrons. The predicted octanol–water partition coefficient (Wildman–Crippen LogP) is 5.76. The molecule has 3 N–H and O–H groups in total. The van der Waals surface area contributed by atoms with E-state index in [4.69, 9.17) is 21.3 Å². The van der Waals surface area contributed by atoms with Gasteiger partial charge in [0, 0.05) is 46.2 Å². The lowest BCUT2D eigenvalue weighted by molar-refractivity contribution is 0.0938. The fourth-order valence-corrected chi connectivity index (χ4v) is 5.37. The van der Waals surface area contributed by atoms with Crippen LogP contribution in [0.4, 0.5) is 11.4 Å². The molecule has 1 amide bonds. The molecule has 8 heteroatoms. The van der Waals surface area contributed by atoms with Crippen LogP contribution in [-0.4, -0.2) is 34.0 Å². The first-order valence-electron chi connectivity index (χ1n) is 12.0. The monoisotopic (exact) mass is 487 g/mol. The number of hydrogen-bond acceptors (Lipinski definition) is 5. The summed E-state index contributed by atoms with van der Waals surface area (Å²) < 4.78 is 5.67. The second-order valence-corrected chi connectivity index (χ2v) is 9.55. The number of carbonyl (C=O) groups excluding carboxylic acids is 1. The summed E-state index contributed by atoms with van der Waals surface area (Å²) in [7, 11) is 0. The number of nitrogens with one attached hydrogen (secondary N) is 3. The van der Waals surface area contributed by atoms with Gasteiger partial charge in [0.15, 0.2) is 0 Å². The fourth-order valence-electron chi connectivity index (χ4n) is 5.06. The number of carbonyl (C=O) groups is 1. The third-order valence-corrected chi connectivity index (χ3v) is 7.40. The number of pyridine rings is 2. The van der Waals surface area contributed by atoms with E-state index in [0.29, 0.717) is 35.1 Å². The van der Waals surface area contributed by atoms with E-state index >= 15 is 0 Å². The van der Waals surface area contributed by atoms with Gasteiger partial charge >= 0.3 is 0 Å². The third kappa shape index (κ3) is 3.53. The Bertz CT molecular complexity index is 1470. The SMILES string of the molecule is CCOc1ccc2nccc(-c3[nH]c4c(c3Nc3cccc(Cl)c3CC)C(=O)NCC43CC3)c2n1. The molecule has 1 aliphatic heterocycles. The molecule has 6 rings (SSSR count).